The van der Waals surface area contributed by atoms with Crippen LogP contribution >= 0.6 is 0 Å². The molecule has 3 aromatic rings. The lowest BCUT2D eigenvalue weighted by Gasteiger charge is -2.14. The lowest BCUT2D eigenvalue weighted by Crippen LogP contribution is -2.13. The molecule has 0 radical (unpaired) electrons. The third-order valence-electron chi connectivity index (χ3n) is 3.64. The molecule has 0 spiro atoms. The molecule has 0 atom stereocenters. The van der Waals surface area contributed by atoms with E-state index in [2.05, 4.69) is 15.3 Å². The van der Waals surface area contributed by atoms with Crippen LogP contribution in [0.25, 0.3) is 0 Å². The Balaban J connectivity index is 1.92. The number of hydrogen-bond donors (Lipinski definition) is 1. The van der Waals surface area contributed by atoms with Gasteiger partial charge in [-0.3, -0.25) is 10.1 Å². The van der Waals surface area contributed by atoms with Crippen LogP contribution in [-0.2, 0) is 12.8 Å². The lowest BCUT2D eigenvalue weighted by molar-refractivity contribution is -0.383. The molecule has 0 amide bonds. The van der Waals surface area contributed by atoms with E-state index in [4.69, 9.17) is 4.74 Å². The highest BCUT2D eigenvalue weighted by atomic mass is 19.4. The first-order valence-corrected chi connectivity index (χ1v) is 7.96. The summed E-state index contributed by atoms with van der Waals surface area (Å²) in [5.74, 6) is -0.639. The summed E-state index contributed by atoms with van der Waals surface area (Å²) in [7, 11) is 0. The average molecular weight is 390 g/mol. The van der Waals surface area contributed by atoms with Crippen molar-refractivity contribution in [1.82, 2.24) is 9.97 Å². The molecule has 2 aromatic carbocycles. The predicted molar refractivity (Wildman–Crippen MR) is 94.2 cm³/mol. The van der Waals surface area contributed by atoms with E-state index in [9.17, 15) is 23.3 Å². The van der Waals surface area contributed by atoms with E-state index in [1.54, 1.807) is 24.3 Å². The monoisotopic (exact) mass is 390 g/mol. The van der Waals surface area contributed by atoms with E-state index in [1.165, 1.54) is 24.3 Å². The Hall–Kier alpha value is -3.69. The number of ether oxygens (including phenoxy) is 1. The van der Waals surface area contributed by atoms with Crippen molar-refractivity contribution < 1.29 is 22.8 Å². The zero-order valence-corrected chi connectivity index (χ0v) is 14.2. The molecule has 0 saturated heterocycles. The first-order chi connectivity index (χ1) is 13.3. The minimum Gasteiger partial charge on any atom is -0.459 e. The fourth-order valence-electron chi connectivity index (χ4n) is 2.33. The molecule has 0 bridgehead atoms. The normalized spacial score (nSPS) is 11.1. The van der Waals surface area contributed by atoms with Gasteiger partial charge in [-0.15, -0.1) is 0 Å². The number of nitrogens with zero attached hydrogens (tertiary/aromatic N) is 3. The fraction of sp³-hybridized carbons (Fsp3) is 0.111. The number of nitro groups is 1. The third-order valence-corrected chi connectivity index (χ3v) is 3.64. The SMILES string of the molecule is O=[N+]([O-])c1ccccc1Nc1nc(OCc2ccccc2)ncc1C(F)(F)F. The van der Waals surface area contributed by atoms with E-state index in [1.807, 2.05) is 6.07 Å². The smallest absolute Gasteiger partial charge is 0.421 e. The Bertz CT molecular complexity index is 981. The largest absolute Gasteiger partial charge is 0.459 e. The standard InChI is InChI=1S/C18H13F3N4O3/c19-18(20,21)13-10-22-17(28-11-12-6-2-1-3-7-12)24-16(13)23-14-8-4-5-9-15(14)25(26)27/h1-10H,11H2,(H,22,23,24). The number of nitrogens with one attached hydrogen (secondary N) is 1. The van der Waals surface area contributed by atoms with Gasteiger partial charge in [-0.1, -0.05) is 42.5 Å². The maximum absolute atomic E-state index is 13.3. The molecule has 28 heavy (non-hydrogen) atoms. The second-order valence-electron chi connectivity index (χ2n) is 5.59. The molecule has 0 aliphatic heterocycles. The van der Waals surface area contributed by atoms with Gasteiger partial charge in [0.1, 0.15) is 23.7 Å². The lowest BCUT2D eigenvalue weighted by atomic mass is 10.2. The quantitative estimate of drug-likeness (QED) is 0.484. The van der Waals surface area contributed by atoms with Crippen molar-refractivity contribution in [2.45, 2.75) is 12.8 Å². The molecule has 1 aromatic heterocycles. The first-order valence-electron chi connectivity index (χ1n) is 7.96. The molecule has 0 unspecified atom stereocenters. The predicted octanol–water partition coefficient (Wildman–Crippen LogP) is 4.73. The van der Waals surface area contributed by atoms with E-state index in [-0.39, 0.29) is 24.0 Å². The molecular weight excluding hydrogens is 377 g/mol. The molecule has 1 heterocycles. The zero-order chi connectivity index (χ0) is 20.1. The Labute approximate surface area is 157 Å². The Morgan fingerprint density at radius 2 is 1.75 bits per heavy atom. The molecule has 144 valence electrons. The molecule has 0 fully saturated rings. The van der Waals surface area contributed by atoms with E-state index >= 15 is 0 Å². The van der Waals surface area contributed by atoms with Gasteiger partial charge in [0.2, 0.25) is 0 Å². The number of benzene rings is 2. The number of hydrogen-bond acceptors (Lipinski definition) is 6. The summed E-state index contributed by atoms with van der Waals surface area (Å²) in [5, 5.41) is 13.5. The summed E-state index contributed by atoms with van der Waals surface area (Å²) in [6, 6.07) is 14.0. The van der Waals surface area contributed by atoms with Gasteiger partial charge < -0.3 is 10.1 Å². The number of aromatic nitrogens is 2. The van der Waals surface area contributed by atoms with Gasteiger partial charge in [0.05, 0.1) is 4.92 Å². The molecule has 10 heteroatoms. The first kappa shape index (κ1) is 19.1. The van der Waals surface area contributed by atoms with E-state index in [0.717, 1.165) is 5.56 Å². The van der Waals surface area contributed by atoms with Crippen LogP contribution in [0.2, 0.25) is 0 Å². The van der Waals surface area contributed by atoms with Gasteiger partial charge in [0.25, 0.3) is 5.69 Å². The maximum atomic E-state index is 13.3. The summed E-state index contributed by atoms with van der Waals surface area (Å²) in [5.41, 5.74) is -0.913. The number of alkyl halides is 3. The minimum atomic E-state index is -4.76. The summed E-state index contributed by atoms with van der Waals surface area (Å²) in [6.07, 6.45) is -4.19. The second-order valence-corrected chi connectivity index (χ2v) is 5.59. The average Bonchev–Trinajstić information content (AvgIpc) is 2.67. The molecule has 3 rings (SSSR count). The van der Waals surface area contributed by atoms with Crippen LogP contribution in [0.1, 0.15) is 11.1 Å². The number of nitro benzene ring substituents is 1. The van der Waals surface area contributed by atoms with E-state index in [0.29, 0.717) is 6.20 Å². The van der Waals surface area contributed by atoms with Crippen LogP contribution in [-0.4, -0.2) is 14.9 Å². The molecular formula is C18H13F3N4O3. The summed E-state index contributed by atoms with van der Waals surface area (Å²) >= 11 is 0. The Morgan fingerprint density at radius 3 is 2.43 bits per heavy atom. The number of para-hydroxylation sites is 2. The van der Waals surface area contributed by atoms with Gasteiger partial charge >= 0.3 is 12.2 Å². The molecule has 7 nitrogen and oxygen atoms in total. The van der Waals surface area contributed by atoms with Crippen LogP contribution < -0.4 is 10.1 Å². The van der Waals surface area contributed by atoms with Gasteiger partial charge in [-0.25, -0.2) is 4.98 Å². The molecule has 1 N–H and O–H groups in total. The molecule has 0 aliphatic carbocycles. The van der Waals surface area contributed by atoms with Crippen LogP contribution in [0.3, 0.4) is 0 Å². The Morgan fingerprint density at radius 1 is 1.07 bits per heavy atom. The maximum Gasteiger partial charge on any atom is 0.421 e. The van der Waals surface area contributed by atoms with Gasteiger partial charge in [-0.05, 0) is 11.6 Å². The zero-order valence-electron chi connectivity index (χ0n) is 14.2. The van der Waals surface area contributed by atoms with Gasteiger partial charge in [-0.2, -0.15) is 18.2 Å². The highest BCUT2D eigenvalue weighted by Gasteiger charge is 2.36. The summed E-state index contributed by atoms with van der Waals surface area (Å²) in [4.78, 5) is 17.8. The highest BCUT2D eigenvalue weighted by molar-refractivity contribution is 5.69. The van der Waals surface area contributed by atoms with Crippen molar-refractivity contribution in [3.63, 3.8) is 0 Å². The topological polar surface area (TPSA) is 90.2 Å². The Kier molecular flexibility index (Phi) is 5.39. The van der Waals surface area contributed by atoms with Crippen molar-refractivity contribution in [1.29, 1.82) is 0 Å². The van der Waals surface area contributed by atoms with Crippen molar-refractivity contribution in [2.24, 2.45) is 0 Å². The second kappa shape index (κ2) is 7.91. The van der Waals surface area contributed by atoms with Crippen LogP contribution in [0.15, 0.2) is 60.8 Å². The third kappa shape index (κ3) is 4.53. The fourth-order valence-corrected chi connectivity index (χ4v) is 2.33. The summed E-state index contributed by atoms with van der Waals surface area (Å²) < 4.78 is 45.2. The van der Waals surface area contributed by atoms with Gasteiger partial charge in [0, 0.05) is 12.3 Å². The number of halogens is 3. The van der Waals surface area contributed by atoms with Crippen molar-refractivity contribution in [2.75, 3.05) is 5.32 Å². The van der Waals surface area contributed by atoms with Crippen molar-refractivity contribution >= 4 is 17.2 Å². The minimum absolute atomic E-state index is 0.0527. The number of rotatable bonds is 6. The molecule has 0 aliphatic rings. The summed E-state index contributed by atoms with van der Waals surface area (Å²) in [6.45, 7) is 0.0527. The van der Waals surface area contributed by atoms with E-state index < -0.39 is 22.5 Å². The number of anilines is 2. The van der Waals surface area contributed by atoms with Crippen LogP contribution in [0.4, 0.5) is 30.4 Å². The van der Waals surface area contributed by atoms with Crippen LogP contribution in [0, 0.1) is 10.1 Å². The van der Waals surface area contributed by atoms with Crippen LogP contribution in [0.5, 0.6) is 6.01 Å². The van der Waals surface area contributed by atoms with Crippen molar-refractivity contribution in [3.05, 3.63) is 82.0 Å². The van der Waals surface area contributed by atoms with Crippen molar-refractivity contribution in [3.8, 4) is 6.01 Å². The molecule has 0 saturated carbocycles. The van der Waals surface area contributed by atoms with Gasteiger partial charge in [0.15, 0.2) is 0 Å². The highest BCUT2D eigenvalue weighted by Crippen LogP contribution is 2.36.